The molecule has 0 spiro atoms. The van der Waals surface area contributed by atoms with Crippen LogP contribution in [0.2, 0.25) is 0 Å². The van der Waals surface area contributed by atoms with Crippen LogP contribution in [-0.4, -0.2) is 24.7 Å². The Morgan fingerprint density at radius 1 is 1.00 bits per heavy atom. The first-order valence-electron chi connectivity index (χ1n) is 10.5. The van der Waals surface area contributed by atoms with Gasteiger partial charge in [0.15, 0.2) is 0 Å². The van der Waals surface area contributed by atoms with Crippen LogP contribution >= 0.6 is 0 Å². The van der Waals surface area contributed by atoms with Crippen molar-refractivity contribution in [3.8, 4) is 39.6 Å². The second kappa shape index (κ2) is 9.56. The van der Waals surface area contributed by atoms with Crippen LogP contribution < -0.4 is 4.74 Å². The van der Waals surface area contributed by atoms with E-state index >= 15 is 0 Å². The normalized spacial score (nSPS) is 10.8. The van der Waals surface area contributed by atoms with E-state index in [1.54, 1.807) is 32.4 Å². The second-order valence-electron chi connectivity index (χ2n) is 7.25. The fourth-order valence-corrected chi connectivity index (χ4v) is 3.78. The fraction of sp³-hybridized carbons (Fsp3) is 0.192. The summed E-state index contributed by atoms with van der Waals surface area (Å²) < 4.78 is 29.8. The van der Waals surface area contributed by atoms with Gasteiger partial charge in [0, 0.05) is 17.7 Å². The van der Waals surface area contributed by atoms with Gasteiger partial charge in [0.05, 0.1) is 25.7 Å². The number of halogens is 1. The molecule has 1 N–H and O–H groups in total. The molecule has 164 valence electrons. The van der Waals surface area contributed by atoms with Crippen LogP contribution in [0.3, 0.4) is 0 Å². The van der Waals surface area contributed by atoms with Crippen LogP contribution in [0.15, 0.2) is 71.3 Å². The third kappa shape index (κ3) is 4.44. The van der Waals surface area contributed by atoms with Crippen LogP contribution in [0.5, 0.6) is 5.75 Å². The first-order chi connectivity index (χ1) is 15.6. The van der Waals surface area contributed by atoms with Gasteiger partial charge >= 0.3 is 5.97 Å². The number of aromatic nitrogens is 1. The molecule has 0 bridgehead atoms. The Kier molecular flexibility index (Phi) is 6.40. The van der Waals surface area contributed by atoms with Gasteiger partial charge in [-0.3, -0.25) is 4.79 Å². The molecule has 6 heteroatoms. The number of furan rings is 1. The third-order valence-electron chi connectivity index (χ3n) is 5.27. The summed E-state index contributed by atoms with van der Waals surface area (Å²) >= 11 is 0. The van der Waals surface area contributed by atoms with Crippen molar-refractivity contribution in [1.82, 2.24) is 4.98 Å². The Labute approximate surface area is 185 Å². The van der Waals surface area contributed by atoms with Crippen molar-refractivity contribution in [3.63, 3.8) is 0 Å². The molecule has 0 unspecified atom stereocenters. The number of carbonyl (C=O) groups is 1. The number of methoxy groups -OCH3 is 1. The molecule has 2 aromatic carbocycles. The Balaban J connectivity index is 1.89. The molecule has 4 rings (SSSR count). The van der Waals surface area contributed by atoms with Crippen LogP contribution in [0.4, 0.5) is 4.39 Å². The predicted molar refractivity (Wildman–Crippen MR) is 121 cm³/mol. The van der Waals surface area contributed by atoms with Crippen LogP contribution in [0.1, 0.15) is 18.9 Å². The van der Waals surface area contributed by atoms with E-state index in [0.29, 0.717) is 18.8 Å². The summed E-state index contributed by atoms with van der Waals surface area (Å²) in [7, 11) is 1.62. The lowest BCUT2D eigenvalue weighted by Crippen LogP contribution is -2.05. The van der Waals surface area contributed by atoms with Gasteiger partial charge in [0.25, 0.3) is 0 Å². The standard InChI is InChI=1S/C26H24FNO4/c1-3-31-23(29)15-14-21-24(22-5-4-16-32-22)26(18-8-12-20(30-2)13-9-18)28-25(21)17-6-10-19(27)11-7-17/h4-13,16,28H,3,14-15H2,1-2H3. The van der Waals surface area contributed by atoms with Gasteiger partial charge in [-0.25, -0.2) is 4.39 Å². The Hall–Kier alpha value is -3.80. The van der Waals surface area contributed by atoms with Crippen LogP contribution in [0.25, 0.3) is 33.8 Å². The number of H-pyrrole nitrogens is 1. The molecule has 4 aromatic rings. The molecule has 0 aliphatic rings. The number of nitrogens with one attached hydrogen (secondary N) is 1. The highest BCUT2D eigenvalue weighted by molar-refractivity contribution is 5.88. The molecule has 2 heterocycles. The van der Waals surface area contributed by atoms with E-state index in [4.69, 9.17) is 13.9 Å². The van der Waals surface area contributed by atoms with Crippen LogP contribution in [-0.2, 0) is 16.0 Å². The number of benzene rings is 2. The van der Waals surface area contributed by atoms with Crippen molar-refractivity contribution in [3.05, 3.63) is 78.3 Å². The number of hydrogen-bond acceptors (Lipinski definition) is 4. The number of aromatic amines is 1. The van der Waals surface area contributed by atoms with Gasteiger partial charge in [-0.15, -0.1) is 0 Å². The maximum absolute atomic E-state index is 13.6. The Morgan fingerprint density at radius 2 is 1.69 bits per heavy atom. The van der Waals surface area contributed by atoms with E-state index in [0.717, 1.165) is 39.4 Å². The zero-order chi connectivity index (χ0) is 22.5. The number of carbonyl (C=O) groups excluding carboxylic acids is 1. The predicted octanol–water partition coefficient (Wildman–Crippen LogP) is 6.25. The minimum Gasteiger partial charge on any atom is -0.497 e. The molecule has 0 amide bonds. The molecular formula is C26H24FNO4. The van der Waals surface area contributed by atoms with Crippen molar-refractivity contribution in [2.45, 2.75) is 19.8 Å². The molecule has 5 nitrogen and oxygen atoms in total. The number of hydrogen-bond donors (Lipinski definition) is 1. The van der Waals surface area contributed by atoms with Crippen molar-refractivity contribution in [1.29, 1.82) is 0 Å². The average Bonchev–Trinajstić information content (AvgIpc) is 3.46. The summed E-state index contributed by atoms with van der Waals surface area (Å²) in [6, 6.07) is 17.7. The molecule has 2 aromatic heterocycles. The summed E-state index contributed by atoms with van der Waals surface area (Å²) in [6.07, 6.45) is 2.27. The number of ether oxygens (including phenoxy) is 2. The fourth-order valence-electron chi connectivity index (χ4n) is 3.78. The number of esters is 1. The topological polar surface area (TPSA) is 64.5 Å². The van der Waals surface area contributed by atoms with Gasteiger partial charge in [-0.2, -0.15) is 0 Å². The van der Waals surface area contributed by atoms with Crippen molar-refractivity contribution < 1.29 is 23.1 Å². The Morgan fingerprint density at radius 3 is 2.31 bits per heavy atom. The van der Waals surface area contributed by atoms with Gasteiger partial charge in [-0.05, 0) is 90.7 Å². The maximum Gasteiger partial charge on any atom is 0.306 e. The highest BCUT2D eigenvalue weighted by Gasteiger charge is 2.23. The first kappa shape index (κ1) is 21.4. The van der Waals surface area contributed by atoms with Crippen LogP contribution in [0, 0.1) is 5.82 Å². The largest absolute Gasteiger partial charge is 0.497 e. The van der Waals surface area contributed by atoms with E-state index in [9.17, 15) is 9.18 Å². The first-order valence-corrected chi connectivity index (χ1v) is 10.5. The molecule has 0 atom stereocenters. The molecule has 32 heavy (non-hydrogen) atoms. The molecular weight excluding hydrogens is 409 g/mol. The maximum atomic E-state index is 13.6. The SMILES string of the molecule is CCOC(=O)CCc1c(-c2ccc(F)cc2)[nH]c(-c2ccc(OC)cc2)c1-c1ccco1. The van der Waals surface area contributed by atoms with Gasteiger partial charge in [-0.1, -0.05) is 0 Å². The van der Waals surface area contributed by atoms with E-state index in [1.165, 1.54) is 12.1 Å². The van der Waals surface area contributed by atoms with E-state index in [-0.39, 0.29) is 18.2 Å². The summed E-state index contributed by atoms with van der Waals surface area (Å²) in [6.45, 7) is 2.12. The molecule has 0 radical (unpaired) electrons. The van der Waals surface area contributed by atoms with Crippen molar-refractivity contribution in [2.24, 2.45) is 0 Å². The highest BCUT2D eigenvalue weighted by Crippen LogP contribution is 2.41. The Bertz CT molecular complexity index is 1180. The monoisotopic (exact) mass is 433 g/mol. The second-order valence-corrected chi connectivity index (χ2v) is 7.25. The quantitative estimate of drug-likeness (QED) is 0.334. The molecule has 0 aliphatic carbocycles. The lowest BCUT2D eigenvalue weighted by molar-refractivity contribution is -0.143. The van der Waals surface area contributed by atoms with E-state index < -0.39 is 0 Å². The number of rotatable bonds is 8. The lowest BCUT2D eigenvalue weighted by atomic mass is 9.96. The van der Waals surface area contributed by atoms with Gasteiger partial charge < -0.3 is 18.9 Å². The average molecular weight is 433 g/mol. The zero-order valence-corrected chi connectivity index (χ0v) is 18.0. The smallest absolute Gasteiger partial charge is 0.306 e. The lowest BCUT2D eigenvalue weighted by Gasteiger charge is -2.08. The summed E-state index contributed by atoms with van der Waals surface area (Å²) in [5.41, 5.74) is 5.18. The molecule has 0 fully saturated rings. The summed E-state index contributed by atoms with van der Waals surface area (Å²) in [5, 5.41) is 0. The van der Waals surface area contributed by atoms with Gasteiger partial charge in [0.2, 0.25) is 0 Å². The minimum absolute atomic E-state index is 0.218. The van der Waals surface area contributed by atoms with Crippen molar-refractivity contribution >= 4 is 5.97 Å². The summed E-state index contributed by atoms with van der Waals surface area (Å²) in [4.78, 5) is 15.6. The third-order valence-corrected chi connectivity index (χ3v) is 5.27. The van der Waals surface area contributed by atoms with Gasteiger partial charge in [0.1, 0.15) is 17.3 Å². The highest BCUT2D eigenvalue weighted by atomic mass is 19.1. The molecule has 0 saturated carbocycles. The molecule has 0 saturated heterocycles. The molecule has 0 aliphatic heterocycles. The van der Waals surface area contributed by atoms with E-state index in [1.807, 2.05) is 36.4 Å². The van der Waals surface area contributed by atoms with E-state index in [2.05, 4.69) is 4.98 Å². The van der Waals surface area contributed by atoms with Crippen molar-refractivity contribution in [2.75, 3.05) is 13.7 Å². The summed E-state index contributed by atoms with van der Waals surface area (Å²) in [5.74, 6) is 0.852. The zero-order valence-electron chi connectivity index (χ0n) is 18.0. The minimum atomic E-state index is -0.310.